The first-order valence-corrected chi connectivity index (χ1v) is 8.88. The maximum absolute atomic E-state index is 4.95. The van der Waals surface area contributed by atoms with Crippen LogP contribution in [0.25, 0.3) is 0 Å². The lowest BCUT2D eigenvalue weighted by Crippen LogP contribution is -2.41. The molecule has 1 aliphatic rings. The summed E-state index contributed by atoms with van der Waals surface area (Å²) in [6.07, 6.45) is 2.21. The zero-order valence-electron chi connectivity index (χ0n) is 13.6. The lowest BCUT2D eigenvalue weighted by Gasteiger charge is -2.37. The van der Waals surface area contributed by atoms with Gasteiger partial charge in [0.1, 0.15) is 0 Å². The van der Waals surface area contributed by atoms with Crippen LogP contribution in [0.2, 0.25) is 0 Å². The molecule has 0 aliphatic carbocycles. The predicted octanol–water partition coefficient (Wildman–Crippen LogP) is 4.02. The Morgan fingerprint density at radius 2 is 1.82 bits per heavy atom. The van der Waals surface area contributed by atoms with Crippen molar-refractivity contribution in [2.45, 2.75) is 44.6 Å². The van der Waals surface area contributed by atoms with E-state index in [1.807, 2.05) is 0 Å². The van der Waals surface area contributed by atoms with Crippen LogP contribution in [0.4, 0.5) is 5.13 Å². The molecule has 0 unspecified atom stereocenters. The topological polar surface area (TPSA) is 37.0 Å². The van der Waals surface area contributed by atoms with Gasteiger partial charge < -0.3 is 10.6 Å². The van der Waals surface area contributed by atoms with Gasteiger partial charge >= 0.3 is 0 Å². The summed E-state index contributed by atoms with van der Waals surface area (Å²) >= 11 is 1.72. The number of benzene rings is 1. The second-order valence-electron chi connectivity index (χ2n) is 7.11. The third-order valence-corrected chi connectivity index (χ3v) is 5.02. The Labute approximate surface area is 137 Å². The number of thiazole rings is 1. The molecule has 4 heteroatoms. The van der Waals surface area contributed by atoms with Gasteiger partial charge in [0, 0.05) is 16.3 Å². The van der Waals surface area contributed by atoms with E-state index in [1.165, 1.54) is 11.3 Å². The molecule has 1 saturated heterocycles. The highest BCUT2D eigenvalue weighted by molar-refractivity contribution is 7.13. The number of rotatable bonds is 3. The Bertz CT molecular complexity index is 607. The van der Waals surface area contributed by atoms with Crippen LogP contribution in [0.1, 0.15) is 44.9 Å². The lowest BCUT2D eigenvalue weighted by atomic mass is 9.71. The standard InChI is InChI=1S/C18H25N3S/c1-17(2,3)21-16-20-15(13-22-16)18(9-11-19-12-10-18)14-7-5-4-6-8-14/h4-8,13,19H,9-12H2,1-3H3,(H,20,21). The van der Waals surface area contributed by atoms with Crippen molar-refractivity contribution in [1.82, 2.24) is 10.3 Å². The van der Waals surface area contributed by atoms with Crippen LogP contribution >= 0.6 is 11.3 Å². The van der Waals surface area contributed by atoms with Crippen molar-refractivity contribution < 1.29 is 0 Å². The van der Waals surface area contributed by atoms with Crippen LogP contribution < -0.4 is 10.6 Å². The van der Waals surface area contributed by atoms with Crippen molar-refractivity contribution in [3.05, 3.63) is 47.0 Å². The van der Waals surface area contributed by atoms with Gasteiger partial charge in [0.25, 0.3) is 0 Å². The van der Waals surface area contributed by atoms with Gasteiger partial charge in [0.05, 0.1) is 5.69 Å². The number of nitrogens with zero attached hydrogens (tertiary/aromatic N) is 1. The molecule has 3 nitrogen and oxygen atoms in total. The largest absolute Gasteiger partial charge is 0.357 e. The molecule has 0 radical (unpaired) electrons. The van der Waals surface area contributed by atoms with Crippen LogP contribution in [-0.4, -0.2) is 23.6 Å². The van der Waals surface area contributed by atoms with E-state index in [-0.39, 0.29) is 11.0 Å². The molecule has 1 aliphatic heterocycles. The smallest absolute Gasteiger partial charge is 0.183 e. The quantitative estimate of drug-likeness (QED) is 0.898. The summed E-state index contributed by atoms with van der Waals surface area (Å²) in [7, 11) is 0. The Morgan fingerprint density at radius 3 is 2.45 bits per heavy atom. The van der Waals surface area contributed by atoms with Crippen molar-refractivity contribution in [2.75, 3.05) is 18.4 Å². The van der Waals surface area contributed by atoms with Gasteiger partial charge in [-0.25, -0.2) is 4.98 Å². The summed E-state index contributed by atoms with van der Waals surface area (Å²) < 4.78 is 0. The van der Waals surface area contributed by atoms with Gasteiger partial charge in [-0.05, 0) is 52.3 Å². The van der Waals surface area contributed by atoms with Crippen molar-refractivity contribution in [3.63, 3.8) is 0 Å². The highest BCUT2D eigenvalue weighted by Gasteiger charge is 2.37. The molecule has 1 aromatic heterocycles. The average molecular weight is 315 g/mol. The fourth-order valence-corrected chi connectivity index (χ4v) is 4.19. The minimum Gasteiger partial charge on any atom is -0.357 e. The monoisotopic (exact) mass is 315 g/mol. The molecule has 1 fully saturated rings. The number of piperidine rings is 1. The highest BCUT2D eigenvalue weighted by atomic mass is 32.1. The van der Waals surface area contributed by atoms with Crippen molar-refractivity contribution in [1.29, 1.82) is 0 Å². The highest BCUT2D eigenvalue weighted by Crippen LogP contribution is 2.41. The number of aromatic nitrogens is 1. The molecular weight excluding hydrogens is 290 g/mol. The van der Waals surface area contributed by atoms with Crippen LogP contribution in [0, 0.1) is 0 Å². The summed E-state index contributed by atoms with van der Waals surface area (Å²) in [5.74, 6) is 0. The average Bonchev–Trinajstić information content (AvgIpc) is 2.96. The fraction of sp³-hybridized carbons (Fsp3) is 0.500. The van der Waals surface area contributed by atoms with Gasteiger partial charge in [0.2, 0.25) is 0 Å². The second kappa shape index (κ2) is 6.01. The van der Waals surface area contributed by atoms with E-state index in [0.717, 1.165) is 31.1 Å². The van der Waals surface area contributed by atoms with Crippen molar-refractivity contribution in [3.8, 4) is 0 Å². The number of nitrogens with one attached hydrogen (secondary N) is 2. The predicted molar refractivity (Wildman–Crippen MR) is 94.8 cm³/mol. The lowest BCUT2D eigenvalue weighted by molar-refractivity contribution is 0.356. The Morgan fingerprint density at radius 1 is 1.14 bits per heavy atom. The summed E-state index contributed by atoms with van der Waals surface area (Å²) in [6, 6.07) is 10.9. The SMILES string of the molecule is CC(C)(C)Nc1nc(C2(c3ccccc3)CCNCC2)cs1. The number of anilines is 1. The zero-order valence-corrected chi connectivity index (χ0v) is 14.5. The van der Waals surface area contributed by atoms with Gasteiger partial charge in [0.15, 0.2) is 5.13 Å². The number of hydrogen-bond donors (Lipinski definition) is 2. The van der Waals surface area contributed by atoms with Crippen LogP contribution in [0.5, 0.6) is 0 Å². The maximum Gasteiger partial charge on any atom is 0.183 e. The zero-order chi connectivity index (χ0) is 15.6. The molecule has 2 aromatic rings. The fourth-order valence-electron chi connectivity index (χ4n) is 3.18. The minimum atomic E-state index is 0.0448. The van der Waals surface area contributed by atoms with E-state index >= 15 is 0 Å². The first-order valence-electron chi connectivity index (χ1n) is 8.00. The molecule has 0 atom stereocenters. The van der Waals surface area contributed by atoms with E-state index in [2.05, 4.69) is 67.1 Å². The molecular formula is C18H25N3S. The van der Waals surface area contributed by atoms with Crippen LogP contribution in [0.15, 0.2) is 35.7 Å². The van der Waals surface area contributed by atoms with Crippen LogP contribution in [0.3, 0.4) is 0 Å². The van der Waals surface area contributed by atoms with Gasteiger partial charge in [-0.2, -0.15) is 0 Å². The molecule has 0 saturated carbocycles. The van der Waals surface area contributed by atoms with Crippen molar-refractivity contribution >= 4 is 16.5 Å². The Balaban J connectivity index is 1.97. The van der Waals surface area contributed by atoms with E-state index < -0.39 is 0 Å². The molecule has 1 aromatic carbocycles. The second-order valence-corrected chi connectivity index (χ2v) is 7.97. The third kappa shape index (κ3) is 3.18. The molecule has 118 valence electrons. The summed E-state index contributed by atoms with van der Waals surface area (Å²) in [6.45, 7) is 8.62. The Kier molecular flexibility index (Phi) is 4.24. The van der Waals surface area contributed by atoms with Gasteiger partial charge in [-0.1, -0.05) is 30.3 Å². The normalized spacial score (nSPS) is 18.1. The summed E-state index contributed by atoms with van der Waals surface area (Å²) in [4.78, 5) is 4.95. The molecule has 0 amide bonds. The molecule has 0 bridgehead atoms. The molecule has 2 N–H and O–H groups in total. The molecule has 2 heterocycles. The minimum absolute atomic E-state index is 0.0448. The molecule has 3 rings (SSSR count). The van der Waals surface area contributed by atoms with Gasteiger partial charge in [-0.15, -0.1) is 11.3 Å². The van der Waals surface area contributed by atoms with E-state index in [9.17, 15) is 0 Å². The molecule has 22 heavy (non-hydrogen) atoms. The van der Waals surface area contributed by atoms with E-state index in [0.29, 0.717) is 0 Å². The van der Waals surface area contributed by atoms with Crippen LogP contribution in [-0.2, 0) is 5.41 Å². The van der Waals surface area contributed by atoms with E-state index in [1.54, 1.807) is 11.3 Å². The summed E-state index contributed by atoms with van der Waals surface area (Å²) in [5, 5.41) is 10.3. The Hall–Kier alpha value is -1.39. The van der Waals surface area contributed by atoms with E-state index in [4.69, 9.17) is 4.98 Å². The first-order chi connectivity index (χ1) is 10.5. The third-order valence-electron chi connectivity index (χ3n) is 4.26. The summed E-state index contributed by atoms with van der Waals surface area (Å²) in [5.41, 5.74) is 2.71. The first kappa shape index (κ1) is 15.5. The van der Waals surface area contributed by atoms with Gasteiger partial charge in [-0.3, -0.25) is 0 Å². The van der Waals surface area contributed by atoms with Crippen molar-refractivity contribution in [2.24, 2.45) is 0 Å². The molecule has 0 spiro atoms. The number of hydrogen-bond acceptors (Lipinski definition) is 4. The maximum atomic E-state index is 4.95.